The number of ether oxygens (including phenoxy) is 1. The first kappa shape index (κ1) is 9.67. The molecule has 0 saturated carbocycles. The zero-order valence-corrected chi connectivity index (χ0v) is 9.17. The molecule has 4 heteroatoms. The second-order valence-corrected chi connectivity index (χ2v) is 2.96. The van der Waals surface area contributed by atoms with Gasteiger partial charge in [0.2, 0.25) is 0 Å². The molecule has 0 radical (unpaired) electrons. The number of carbonyl (C=O) groups excluding carboxylic acids is 1. The predicted molar refractivity (Wildman–Crippen MR) is 52.8 cm³/mol. The maximum Gasteiger partial charge on any atom is 0.344 e. The lowest BCUT2D eigenvalue weighted by molar-refractivity contribution is -0.137. The smallest absolute Gasteiger partial charge is 0.344 e. The second-order valence-electron chi connectivity index (χ2n) is 1.18. The van der Waals surface area contributed by atoms with E-state index in [0.29, 0.717) is 10.2 Å². The zero-order chi connectivity index (χ0) is 7.28. The Balaban J connectivity index is 3.74. The third kappa shape index (κ3) is 4.12. The molecule has 0 spiro atoms. The van der Waals surface area contributed by atoms with E-state index in [1.807, 2.05) is 45.2 Å². The Bertz CT molecular complexity index is 131. The van der Waals surface area contributed by atoms with Crippen LogP contribution in [0.1, 0.15) is 6.92 Å². The summed E-state index contributed by atoms with van der Waals surface area (Å²) in [4.78, 5) is 10.7. The van der Waals surface area contributed by atoms with E-state index in [1.54, 1.807) is 11.0 Å². The molecule has 0 bridgehead atoms. The van der Waals surface area contributed by atoms with Gasteiger partial charge in [0.05, 0.1) is 6.61 Å². The maximum atomic E-state index is 10.7. The number of hydrogen-bond donors (Lipinski definition) is 0. The van der Waals surface area contributed by atoms with Crippen molar-refractivity contribution in [3.05, 3.63) is 7.66 Å². The van der Waals surface area contributed by atoms with Crippen LogP contribution in [0, 0.1) is 0 Å². The highest BCUT2D eigenvalue weighted by Gasteiger charge is 2.03. The van der Waals surface area contributed by atoms with E-state index in [2.05, 4.69) is 4.74 Å². The van der Waals surface area contributed by atoms with E-state index >= 15 is 0 Å². The average molecular weight is 352 g/mol. The number of hydrogen-bond acceptors (Lipinski definition) is 2. The van der Waals surface area contributed by atoms with Gasteiger partial charge in [-0.25, -0.2) is 4.79 Å². The van der Waals surface area contributed by atoms with Gasteiger partial charge < -0.3 is 4.74 Å². The quantitative estimate of drug-likeness (QED) is 0.433. The highest BCUT2D eigenvalue weighted by Crippen LogP contribution is 2.10. The van der Waals surface area contributed by atoms with Gasteiger partial charge in [0.1, 0.15) is 3.58 Å². The molecule has 0 amide bonds. The minimum atomic E-state index is -0.243. The summed E-state index contributed by atoms with van der Waals surface area (Å²) in [7, 11) is 0. The molecule has 0 atom stereocenters. The summed E-state index contributed by atoms with van der Waals surface area (Å²) in [6.45, 7) is 2.23. The summed E-state index contributed by atoms with van der Waals surface area (Å²) in [6, 6.07) is 0. The molecule has 52 valence electrons. The van der Waals surface area contributed by atoms with Gasteiger partial charge in [0.15, 0.2) is 0 Å². The van der Waals surface area contributed by atoms with Crippen molar-refractivity contribution in [2.24, 2.45) is 0 Å². The Morgan fingerprint density at radius 2 is 2.33 bits per heavy atom. The standard InChI is InChI=1S/C5H6I2O2/c1-2-9-5(8)4(7)3-6/h3H,2H2,1H3/b4-3-. The first-order chi connectivity index (χ1) is 4.22. The van der Waals surface area contributed by atoms with Crippen molar-refractivity contribution in [3.8, 4) is 0 Å². The van der Waals surface area contributed by atoms with E-state index in [9.17, 15) is 4.79 Å². The van der Waals surface area contributed by atoms with Crippen LogP contribution in [0.2, 0.25) is 0 Å². The van der Waals surface area contributed by atoms with Crippen molar-refractivity contribution in [2.75, 3.05) is 6.61 Å². The molecule has 0 saturated heterocycles. The molecule has 0 aromatic rings. The van der Waals surface area contributed by atoms with Crippen LogP contribution in [0.15, 0.2) is 7.66 Å². The van der Waals surface area contributed by atoms with Crippen molar-refractivity contribution in [2.45, 2.75) is 6.92 Å². The van der Waals surface area contributed by atoms with Gasteiger partial charge in [-0.2, -0.15) is 0 Å². The molecule has 0 aliphatic carbocycles. The second kappa shape index (κ2) is 5.45. The lowest BCUT2D eigenvalue weighted by Crippen LogP contribution is -2.02. The normalized spacial score (nSPS) is 11.2. The molecule has 2 nitrogen and oxygen atoms in total. The van der Waals surface area contributed by atoms with Crippen molar-refractivity contribution < 1.29 is 9.53 Å². The Kier molecular flexibility index (Phi) is 5.86. The molecule has 0 aliphatic rings. The van der Waals surface area contributed by atoms with E-state index in [4.69, 9.17) is 0 Å². The molecule has 0 N–H and O–H groups in total. The number of rotatable bonds is 2. The largest absolute Gasteiger partial charge is 0.462 e. The summed E-state index contributed by atoms with van der Waals surface area (Å²) in [5.41, 5.74) is 0. The van der Waals surface area contributed by atoms with Gasteiger partial charge in [-0.1, -0.05) is 22.6 Å². The fraction of sp³-hybridized carbons (Fsp3) is 0.400. The highest BCUT2D eigenvalue weighted by atomic mass is 127. The van der Waals surface area contributed by atoms with Gasteiger partial charge in [-0.05, 0) is 33.6 Å². The van der Waals surface area contributed by atoms with Gasteiger partial charge >= 0.3 is 5.97 Å². The Labute approximate surface area is 81.3 Å². The molecule has 0 unspecified atom stereocenters. The SMILES string of the molecule is CCOC(=O)/C(I)=C/I. The molecule has 0 rings (SSSR count). The summed E-state index contributed by atoms with van der Waals surface area (Å²) >= 11 is 3.93. The number of halogens is 2. The first-order valence-electron chi connectivity index (χ1n) is 2.35. The minimum absolute atomic E-state index is 0.243. The maximum absolute atomic E-state index is 10.7. The fourth-order valence-corrected chi connectivity index (χ4v) is 0.655. The monoisotopic (exact) mass is 352 g/mol. The molecule has 9 heavy (non-hydrogen) atoms. The summed E-state index contributed by atoms with van der Waals surface area (Å²) < 4.78 is 6.99. The van der Waals surface area contributed by atoms with Crippen molar-refractivity contribution >= 4 is 51.2 Å². The van der Waals surface area contributed by atoms with Crippen LogP contribution in [-0.2, 0) is 9.53 Å². The molecule has 0 aliphatic heterocycles. The first-order valence-corrected chi connectivity index (χ1v) is 4.67. The summed E-state index contributed by atoms with van der Waals surface area (Å²) in [5, 5.41) is 0. The predicted octanol–water partition coefficient (Wildman–Crippen LogP) is 2.26. The van der Waals surface area contributed by atoms with Crippen LogP contribution < -0.4 is 0 Å². The summed E-state index contributed by atoms with van der Waals surface area (Å²) in [5.74, 6) is -0.243. The Morgan fingerprint density at radius 1 is 1.78 bits per heavy atom. The number of esters is 1. The van der Waals surface area contributed by atoms with Crippen LogP contribution in [0.5, 0.6) is 0 Å². The molecule has 0 heterocycles. The Morgan fingerprint density at radius 3 is 2.67 bits per heavy atom. The topological polar surface area (TPSA) is 26.3 Å². The molecule has 0 aromatic carbocycles. The van der Waals surface area contributed by atoms with Crippen molar-refractivity contribution in [1.82, 2.24) is 0 Å². The van der Waals surface area contributed by atoms with Crippen molar-refractivity contribution in [1.29, 1.82) is 0 Å². The van der Waals surface area contributed by atoms with E-state index in [1.165, 1.54) is 0 Å². The summed E-state index contributed by atoms with van der Waals surface area (Å²) in [6.07, 6.45) is 0. The van der Waals surface area contributed by atoms with Gasteiger partial charge in [-0.3, -0.25) is 0 Å². The number of carbonyl (C=O) groups is 1. The van der Waals surface area contributed by atoms with E-state index in [-0.39, 0.29) is 5.97 Å². The van der Waals surface area contributed by atoms with Crippen LogP contribution in [0.4, 0.5) is 0 Å². The minimum Gasteiger partial charge on any atom is -0.462 e. The van der Waals surface area contributed by atoms with Gasteiger partial charge in [0, 0.05) is 0 Å². The molecular weight excluding hydrogens is 346 g/mol. The van der Waals surface area contributed by atoms with Crippen molar-refractivity contribution in [3.63, 3.8) is 0 Å². The average Bonchev–Trinajstić information content (AvgIpc) is 1.87. The van der Waals surface area contributed by atoms with Crippen LogP contribution in [-0.4, -0.2) is 12.6 Å². The lowest BCUT2D eigenvalue weighted by Gasteiger charge is -1.96. The molecule has 0 fully saturated rings. The fourth-order valence-electron chi connectivity index (χ4n) is 0.245. The van der Waals surface area contributed by atoms with E-state index in [0.717, 1.165) is 0 Å². The van der Waals surface area contributed by atoms with Crippen LogP contribution in [0.25, 0.3) is 0 Å². The third-order valence-electron chi connectivity index (χ3n) is 0.566. The highest BCUT2D eigenvalue weighted by molar-refractivity contribution is 14.1. The van der Waals surface area contributed by atoms with Crippen LogP contribution >= 0.6 is 45.2 Å². The lowest BCUT2D eigenvalue weighted by atomic mass is 10.6. The van der Waals surface area contributed by atoms with Crippen LogP contribution in [0.3, 0.4) is 0 Å². The molecular formula is C5H6I2O2. The van der Waals surface area contributed by atoms with Gasteiger partial charge in [0.25, 0.3) is 0 Å². The zero-order valence-electron chi connectivity index (χ0n) is 4.86. The Hall–Kier alpha value is 0.670. The third-order valence-corrected chi connectivity index (χ3v) is 3.13. The van der Waals surface area contributed by atoms with E-state index < -0.39 is 0 Å². The van der Waals surface area contributed by atoms with Gasteiger partial charge in [-0.15, -0.1) is 0 Å². The molecule has 0 aromatic heterocycles.